The highest BCUT2D eigenvalue weighted by atomic mass is 16.5. The molecule has 7 heteroatoms. The minimum Gasteiger partial charge on any atom is -0.493 e. The number of nitrogens with one attached hydrogen (secondary N) is 2. The average Bonchev–Trinajstić information content (AvgIpc) is 2.73. The normalized spacial score (nSPS) is 11.0. The van der Waals surface area contributed by atoms with Crippen molar-refractivity contribution in [2.75, 3.05) is 41.5 Å². The molecule has 29 heavy (non-hydrogen) atoms. The first-order valence-electron chi connectivity index (χ1n) is 9.46. The van der Waals surface area contributed by atoms with Gasteiger partial charge in [-0.15, -0.1) is 0 Å². The molecule has 0 amide bonds. The van der Waals surface area contributed by atoms with Gasteiger partial charge in [-0.3, -0.25) is 4.99 Å². The summed E-state index contributed by atoms with van der Waals surface area (Å²) in [6.45, 7) is 5.81. The summed E-state index contributed by atoms with van der Waals surface area (Å²) in [5, 5.41) is 6.53. The third-order valence-electron chi connectivity index (χ3n) is 4.46. The summed E-state index contributed by atoms with van der Waals surface area (Å²) in [7, 11) is 6.53. The largest absolute Gasteiger partial charge is 0.493 e. The van der Waals surface area contributed by atoms with Crippen LogP contribution in [0.5, 0.6) is 23.0 Å². The van der Waals surface area contributed by atoms with Crippen LogP contribution in [0.15, 0.2) is 35.3 Å². The predicted molar refractivity (Wildman–Crippen MR) is 116 cm³/mol. The van der Waals surface area contributed by atoms with E-state index in [1.54, 1.807) is 28.4 Å². The maximum absolute atomic E-state index is 5.92. The van der Waals surface area contributed by atoms with Gasteiger partial charge in [0.25, 0.3) is 0 Å². The van der Waals surface area contributed by atoms with Gasteiger partial charge < -0.3 is 29.6 Å². The fourth-order valence-electron chi connectivity index (χ4n) is 2.99. The monoisotopic (exact) mass is 401 g/mol. The summed E-state index contributed by atoms with van der Waals surface area (Å²) < 4.78 is 22.1. The van der Waals surface area contributed by atoms with Crippen molar-refractivity contribution in [1.82, 2.24) is 10.6 Å². The van der Waals surface area contributed by atoms with Gasteiger partial charge in [0.2, 0.25) is 5.75 Å². The van der Waals surface area contributed by atoms with E-state index < -0.39 is 0 Å². The van der Waals surface area contributed by atoms with Crippen LogP contribution in [-0.4, -0.2) is 47.5 Å². The molecule has 0 saturated carbocycles. The zero-order valence-electron chi connectivity index (χ0n) is 18.1. The molecule has 2 N–H and O–H groups in total. The third kappa shape index (κ3) is 5.94. The number of para-hydroxylation sites is 1. The van der Waals surface area contributed by atoms with Crippen molar-refractivity contribution in [1.29, 1.82) is 0 Å². The molecule has 0 aliphatic heterocycles. The van der Waals surface area contributed by atoms with Gasteiger partial charge in [0.05, 0.1) is 27.9 Å². The number of nitrogens with zero attached hydrogens (tertiary/aromatic N) is 1. The predicted octanol–water partition coefficient (Wildman–Crippen LogP) is 3.07. The number of ether oxygens (including phenoxy) is 4. The average molecular weight is 402 g/mol. The van der Waals surface area contributed by atoms with Gasteiger partial charge >= 0.3 is 0 Å². The van der Waals surface area contributed by atoms with Gasteiger partial charge in [-0.05, 0) is 42.7 Å². The maximum Gasteiger partial charge on any atom is 0.203 e. The van der Waals surface area contributed by atoms with Crippen LogP contribution >= 0.6 is 0 Å². The Hall–Kier alpha value is -3.09. The lowest BCUT2D eigenvalue weighted by Gasteiger charge is -2.16. The zero-order chi connectivity index (χ0) is 21.2. The number of benzene rings is 2. The Morgan fingerprint density at radius 2 is 1.52 bits per heavy atom. The number of aliphatic imine (C=N–C) groups is 1. The van der Waals surface area contributed by atoms with Gasteiger partial charge in [0.1, 0.15) is 12.4 Å². The van der Waals surface area contributed by atoms with E-state index in [2.05, 4.69) is 15.6 Å². The number of rotatable bonds is 9. The van der Waals surface area contributed by atoms with E-state index in [0.717, 1.165) is 22.4 Å². The van der Waals surface area contributed by atoms with Gasteiger partial charge in [-0.25, -0.2) is 0 Å². The number of hydrogen-bond donors (Lipinski definition) is 2. The first-order chi connectivity index (χ1) is 14.0. The Kier molecular flexibility index (Phi) is 8.45. The van der Waals surface area contributed by atoms with Crippen LogP contribution < -0.4 is 29.6 Å². The van der Waals surface area contributed by atoms with Crippen molar-refractivity contribution < 1.29 is 18.9 Å². The molecule has 0 fully saturated rings. The van der Waals surface area contributed by atoms with Crippen LogP contribution in [0.3, 0.4) is 0 Å². The Balaban J connectivity index is 1.89. The quantitative estimate of drug-likeness (QED) is 0.382. The first kappa shape index (κ1) is 22.2. The summed E-state index contributed by atoms with van der Waals surface area (Å²) in [6.07, 6.45) is 0. The van der Waals surface area contributed by atoms with Gasteiger partial charge in [-0.1, -0.05) is 18.2 Å². The minimum absolute atomic E-state index is 0.538. The molecule has 0 atom stereocenters. The highest BCUT2D eigenvalue weighted by Crippen LogP contribution is 2.38. The van der Waals surface area contributed by atoms with E-state index in [0.29, 0.717) is 42.9 Å². The Morgan fingerprint density at radius 3 is 2.03 bits per heavy atom. The van der Waals surface area contributed by atoms with Crippen molar-refractivity contribution in [3.8, 4) is 23.0 Å². The number of aryl methyl sites for hydroxylation is 2. The van der Waals surface area contributed by atoms with Crippen molar-refractivity contribution in [3.05, 3.63) is 47.0 Å². The maximum atomic E-state index is 5.92. The minimum atomic E-state index is 0.538. The molecule has 2 aromatic rings. The molecular formula is C22H31N3O4. The molecule has 7 nitrogen and oxygen atoms in total. The summed E-state index contributed by atoms with van der Waals surface area (Å²) in [6, 6.07) is 9.95. The van der Waals surface area contributed by atoms with Crippen LogP contribution in [-0.2, 0) is 6.54 Å². The summed E-state index contributed by atoms with van der Waals surface area (Å²) in [5.74, 6) is 3.44. The van der Waals surface area contributed by atoms with E-state index >= 15 is 0 Å². The first-order valence-corrected chi connectivity index (χ1v) is 9.46. The van der Waals surface area contributed by atoms with E-state index in [4.69, 9.17) is 18.9 Å². The van der Waals surface area contributed by atoms with E-state index in [1.807, 2.05) is 44.2 Å². The molecule has 0 radical (unpaired) electrons. The topological polar surface area (TPSA) is 73.3 Å². The van der Waals surface area contributed by atoms with Crippen molar-refractivity contribution in [2.24, 2.45) is 4.99 Å². The zero-order valence-corrected chi connectivity index (χ0v) is 18.1. The van der Waals surface area contributed by atoms with Crippen LogP contribution in [0.4, 0.5) is 0 Å². The summed E-state index contributed by atoms with van der Waals surface area (Å²) in [5.41, 5.74) is 3.25. The number of methoxy groups -OCH3 is 3. The fraction of sp³-hybridized carbons (Fsp3) is 0.409. The lowest BCUT2D eigenvalue weighted by atomic mass is 10.1. The molecule has 0 bridgehead atoms. The number of guanidine groups is 1. The molecule has 0 aromatic heterocycles. The molecule has 0 unspecified atom stereocenters. The Morgan fingerprint density at radius 1 is 0.897 bits per heavy atom. The highest BCUT2D eigenvalue weighted by Gasteiger charge is 2.13. The summed E-state index contributed by atoms with van der Waals surface area (Å²) >= 11 is 0. The van der Waals surface area contributed by atoms with Crippen LogP contribution in [0.25, 0.3) is 0 Å². The molecule has 2 aromatic carbocycles. The van der Waals surface area contributed by atoms with Crippen LogP contribution in [0, 0.1) is 13.8 Å². The second kappa shape index (κ2) is 11.0. The van der Waals surface area contributed by atoms with Gasteiger partial charge in [0, 0.05) is 13.6 Å². The van der Waals surface area contributed by atoms with E-state index in [1.165, 1.54) is 0 Å². The molecule has 0 aliphatic carbocycles. The van der Waals surface area contributed by atoms with Crippen molar-refractivity contribution in [3.63, 3.8) is 0 Å². The fourth-order valence-corrected chi connectivity index (χ4v) is 2.99. The Labute approximate surface area is 173 Å². The van der Waals surface area contributed by atoms with Gasteiger partial charge in [-0.2, -0.15) is 0 Å². The lowest BCUT2D eigenvalue weighted by Crippen LogP contribution is -2.38. The standard InChI is InChI=1S/C22H31N3O4/c1-15-8-7-9-16(2)20(15)29-11-10-24-22(23-3)25-14-17-12-18(26-4)21(28-6)19(13-17)27-5/h7-9,12-13H,10-11,14H2,1-6H3,(H2,23,24,25). The van der Waals surface area contributed by atoms with Crippen molar-refractivity contribution in [2.45, 2.75) is 20.4 Å². The van der Waals surface area contributed by atoms with Crippen molar-refractivity contribution >= 4 is 5.96 Å². The van der Waals surface area contributed by atoms with Crippen LogP contribution in [0.2, 0.25) is 0 Å². The van der Waals surface area contributed by atoms with E-state index in [9.17, 15) is 0 Å². The van der Waals surface area contributed by atoms with E-state index in [-0.39, 0.29) is 0 Å². The van der Waals surface area contributed by atoms with Gasteiger partial charge in [0.15, 0.2) is 17.5 Å². The lowest BCUT2D eigenvalue weighted by molar-refractivity contribution is 0.317. The highest BCUT2D eigenvalue weighted by molar-refractivity contribution is 5.79. The molecule has 0 saturated heterocycles. The Bertz CT molecular complexity index is 792. The third-order valence-corrected chi connectivity index (χ3v) is 4.46. The smallest absolute Gasteiger partial charge is 0.203 e. The molecule has 2 rings (SSSR count). The second-order valence-corrected chi connectivity index (χ2v) is 6.46. The molecule has 0 spiro atoms. The number of hydrogen-bond acceptors (Lipinski definition) is 5. The molecule has 158 valence electrons. The molecule has 0 heterocycles. The SMILES string of the molecule is CN=C(NCCOc1c(C)cccc1C)NCc1cc(OC)c(OC)c(OC)c1. The molecule has 0 aliphatic rings. The second-order valence-electron chi connectivity index (χ2n) is 6.46. The molecular weight excluding hydrogens is 370 g/mol. The van der Waals surface area contributed by atoms with Crippen LogP contribution in [0.1, 0.15) is 16.7 Å². The summed E-state index contributed by atoms with van der Waals surface area (Å²) in [4.78, 5) is 4.25.